The molecule has 3 N–H and O–H groups in total. The van der Waals surface area contributed by atoms with E-state index in [4.69, 9.17) is 10.8 Å². The van der Waals surface area contributed by atoms with Gasteiger partial charge in [-0.25, -0.2) is 4.79 Å². The van der Waals surface area contributed by atoms with Gasteiger partial charge in [0.25, 0.3) is 0 Å². The molecular formula is C9H10INO2. The summed E-state index contributed by atoms with van der Waals surface area (Å²) in [6, 6.07) is 4.90. The van der Waals surface area contributed by atoms with Gasteiger partial charge in [-0.05, 0) is 47.2 Å². The van der Waals surface area contributed by atoms with E-state index < -0.39 is 5.97 Å². The summed E-state index contributed by atoms with van der Waals surface area (Å²) in [7, 11) is 0. The van der Waals surface area contributed by atoms with Crippen LogP contribution in [0.2, 0.25) is 0 Å². The average Bonchev–Trinajstić information content (AvgIpc) is 2.03. The second-order valence-electron chi connectivity index (χ2n) is 2.83. The van der Waals surface area contributed by atoms with Crippen LogP contribution in [0, 0.1) is 3.57 Å². The minimum atomic E-state index is -0.908. The molecule has 0 aliphatic carbocycles. The normalized spacial score (nSPS) is 12.5. The highest BCUT2D eigenvalue weighted by Gasteiger charge is 2.08. The van der Waals surface area contributed by atoms with Crippen LogP contribution in [-0.4, -0.2) is 11.1 Å². The molecule has 0 bridgehead atoms. The van der Waals surface area contributed by atoms with Gasteiger partial charge in [0.2, 0.25) is 0 Å². The van der Waals surface area contributed by atoms with Crippen molar-refractivity contribution in [1.29, 1.82) is 0 Å². The Balaban J connectivity index is 3.13. The fraction of sp³-hybridized carbons (Fsp3) is 0.222. The van der Waals surface area contributed by atoms with E-state index in [1.165, 1.54) is 0 Å². The summed E-state index contributed by atoms with van der Waals surface area (Å²) in [6.07, 6.45) is 0. The lowest BCUT2D eigenvalue weighted by Gasteiger charge is -2.08. The van der Waals surface area contributed by atoms with Crippen LogP contribution >= 0.6 is 22.6 Å². The molecule has 0 spiro atoms. The van der Waals surface area contributed by atoms with Crippen LogP contribution in [0.15, 0.2) is 18.2 Å². The molecule has 1 atom stereocenters. The maximum atomic E-state index is 10.6. The lowest BCUT2D eigenvalue weighted by atomic mass is 10.1. The third-order valence-corrected chi connectivity index (χ3v) is 2.67. The Morgan fingerprint density at radius 2 is 2.23 bits per heavy atom. The van der Waals surface area contributed by atoms with E-state index in [2.05, 4.69) is 22.6 Å². The van der Waals surface area contributed by atoms with Gasteiger partial charge in [-0.3, -0.25) is 0 Å². The molecule has 0 radical (unpaired) electrons. The van der Waals surface area contributed by atoms with Crippen LogP contribution in [0.3, 0.4) is 0 Å². The molecule has 0 saturated heterocycles. The topological polar surface area (TPSA) is 63.3 Å². The van der Waals surface area contributed by atoms with Crippen molar-refractivity contribution in [1.82, 2.24) is 0 Å². The zero-order valence-electron chi connectivity index (χ0n) is 7.12. The minimum Gasteiger partial charge on any atom is -0.478 e. The average molecular weight is 291 g/mol. The number of hydrogen-bond acceptors (Lipinski definition) is 2. The van der Waals surface area contributed by atoms with Gasteiger partial charge in [-0.15, -0.1) is 0 Å². The van der Waals surface area contributed by atoms with Crippen molar-refractivity contribution in [2.75, 3.05) is 0 Å². The van der Waals surface area contributed by atoms with Gasteiger partial charge in [-0.1, -0.05) is 6.07 Å². The van der Waals surface area contributed by atoms with Crippen molar-refractivity contribution in [3.05, 3.63) is 32.9 Å². The lowest BCUT2D eigenvalue weighted by molar-refractivity contribution is 0.0697. The van der Waals surface area contributed by atoms with Crippen molar-refractivity contribution in [3.8, 4) is 0 Å². The largest absolute Gasteiger partial charge is 0.478 e. The molecule has 3 nitrogen and oxygen atoms in total. The van der Waals surface area contributed by atoms with E-state index in [0.717, 1.165) is 9.13 Å². The molecule has 0 unspecified atom stereocenters. The highest BCUT2D eigenvalue weighted by Crippen LogP contribution is 2.19. The zero-order chi connectivity index (χ0) is 10.0. The molecule has 0 aromatic heterocycles. The van der Waals surface area contributed by atoms with Crippen LogP contribution in [-0.2, 0) is 0 Å². The van der Waals surface area contributed by atoms with E-state index in [9.17, 15) is 4.79 Å². The fourth-order valence-corrected chi connectivity index (χ4v) is 2.04. The molecule has 0 fully saturated rings. The standard InChI is InChI=1S/C9H10INO2/c1-5(11)7-3-2-6(9(12)13)4-8(7)10/h2-5H,11H2,1H3,(H,12,13)/t5-/m1/s1. The first-order valence-electron chi connectivity index (χ1n) is 3.80. The maximum absolute atomic E-state index is 10.6. The monoisotopic (exact) mass is 291 g/mol. The SMILES string of the molecule is C[C@@H](N)c1ccc(C(=O)O)cc1I. The molecule has 1 rings (SSSR count). The van der Waals surface area contributed by atoms with Crippen LogP contribution in [0.5, 0.6) is 0 Å². The first-order chi connectivity index (χ1) is 6.02. The third kappa shape index (κ3) is 2.41. The molecule has 1 aromatic carbocycles. The van der Waals surface area contributed by atoms with Crippen molar-refractivity contribution in [3.63, 3.8) is 0 Å². The zero-order valence-corrected chi connectivity index (χ0v) is 9.28. The number of benzene rings is 1. The van der Waals surface area contributed by atoms with Crippen LogP contribution in [0.25, 0.3) is 0 Å². The summed E-state index contributed by atoms with van der Waals surface area (Å²) in [5.41, 5.74) is 6.97. The Kier molecular flexibility index (Phi) is 3.27. The van der Waals surface area contributed by atoms with Gasteiger partial charge >= 0.3 is 5.97 Å². The lowest BCUT2D eigenvalue weighted by Crippen LogP contribution is -2.08. The van der Waals surface area contributed by atoms with Crippen molar-refractivity contribution >= 4 is 28.6 Å². The Morgan fingerprint density at radius 3 is 2.62 bits per heavy atom. The molecule has 13 heavy (non-hydrogen) atoms. The Hall–Kier alpha value is -0.620. The fourth-order valence-electron chi connectivity index (χ4n) is 1.03. The number of carboxylic acid groups (broad SMARTS) is 1. The molecule has 1 aromatic rings. The third-order valence-electron chi connectivity index (χ3n) is 1.74. The number of hydrogen-bond donors (Lipinski definition) is 2. The van der Waals surface area contributed by atoms with Gasteiger partial charge in [0.15, 0.2) is 0 Å². The van der Waals surface area contributed by atoms with E-state index >= 15 is 0 Å². The summed E-state index contributed by atoms with van der Waals surface area (Å²) < 4.78 is 0.896. The predicted molar refractivity (Wildman–Crippen MR) is 58.7 cm³/mol. The van der Waals surface area contributed by atoms with Gasteiger partial charge in [0.05, 0.1) is 5.56 Å². The van der Waals surface area contributed by atoms with Crippen molar-refractivity contribution in [2.24, 2.45) is 5.73 Å². The highest BCUT2D eigenvalue weighted by atomic mass is 127. The number of carbonyl (C=O) groups is 1. The van der Waals surface area contributed by atoms with Crippen molar-refractivity contribution in [2.45, 2.75) is 13.0 Å². The van der Waals surface area contributed by atoms with Crippen LogP contribution in [0.1, 0.15) is 28.9 Å². The summed E-state index contributed by atoms with van der Waals surface area (Å²) in [5.74, 6) is -0.908. The second kappa shape index (κ2) is 4.06. The summed E-state index contributed by atoms with van der Waals surface area (Å²) in [5, 5.41) is 8.70. The van der Waals surface area contributed by atoms with Crippen LogP contribution in [0.4, 0.5) is 0 Å². The Morgan fingerprint density at radius 1 is 1.62 bits per heavy atom. The predicted octanol–water partition coefficient (Wildman–Crippen LogP) is 2.01. The maximum Gasteiger partial charge on any atom is 0.335 e. The Labute approximate surface area is 90.1 Å². The molecule has 0 aliphatic rings. The number of halogens is 1. The molecule has 0 aliphatic heterocycles. The van der Waals surface area contributed by atoms with E-state index in [-0.39, 0.29) is 6.04 Å². The first kappa shape index (κ1) is 10.5. The van der Waals surface area contributed by atoms with Crippen molar-refractivity contribution < 1.29 is 9.90 Å². The van der Waals surface area contributed by atoms with E-state index in [0.29, 0.717) is 5.56 Å². The molecule has 0 amide bonds. The molecular weight excluding hydrogens is 281 g/mol. The minimum absolute atomic E-state index is 0.0604. The molecule has 70 valence electrons. The van der Waals surface area contributed by atoms with Crippen LogP contribution < -0.4 is 5.73 Å². The van der Waals surface area contributed by atoms with Gasteiger partial charge < -0.3 is 10.8 Å². The summed E-state index contributed by atoms with van der Waals surface area (Å²) in [6.45, 7) is 1.87. The first-order valence-corrected chi connectivity index (χ1v) is 4.88. The number of rotatable bonds is 2. The quantitative estimate of drug-likeness (QED) is 0.819. The number of nitrogens with two attached hydrogens (primary N) is 1. The molecule has 4 heteroatoms. The second-order valence-corrected chi connectivity index (χ2v) is 3.99. The number of carboxylic acids is 1. The molecule has 0 saturated carbocycles. The van der Waals surface area contributed by atoms with E-state index in [1.807, 2.05) is 6.92 Å². The van der Waals surface area contributed by atoms with E-state index in [1.54, 1.807) is 18.2 Å². The van der Waals surface area contributed by atoms with Gasteiger partial charge in [-0.2, -0.15) is 0 Å². The van der Waals surface area contributed by atoms with Gasteiger partial charge in [0.1, 0.15) is 0 Å². The highest BCUT2D eigenvalue weighted by molar-refractivity contribution is 14.1. The smallest absolute Gasteiger partial charge is 0.335 e. The molecule has 0 heterocycles. The number of aromatic carboxylic acids is 1. The van der Waals surface area contributed by atoms with Gasteiger partial charge in [0, 0.05) is 9.61 Å². The summed E-state index contributed by atoms with van der Waals surface area (Å²) >= 11 is 2.09. The summed E-state index contributed by atoms with van der Waals surface area (Å²) in [4.78, 5) is 10.6. The Bertz CT molecular complexity index is 336.